The van der Waals surface area contributed by atoms with Crippen molar-refractivity contribution in [2.24, 2.45) is 0 Å². The van der Waals surface area contributed by atoms with Gasteiger partial charge in [-0.05, 0) is 43.5 Å². The Morgan fingerprint density at radius 2 is 1.96 bits per heavy atom. The van der Waals surface area contributed by atoms with Crippen molar-refractivity contribution in [3.05, 3.63) is 58.6 Å². The standard InChI is InChI=1S/C20H23ClN2O4S/c1-14-5-7-15(8-6-14)4-3-11-22-20(24)19-13-23(28(2,25)26)17-12-16(21)9-10-18(17)27-19/h5-10,12,19H,3-4,11,13H2,1-2H3,(H,22,24)/t19-/m1/s1. The molecule has 0 aromatic heterocycles. The smallest absolute Gasteiger partial charge is 0.263 e. The van der Waals surface area contributed by atoms with Crippen LogP contribution >= 0.6 is 11.6 Å². The van der Waals surface area contributed by atoms with E-state index in [0.29, 0.717) is 23.0 Å². The van der Waals surface area contributed by atoms with Gasteiger partial charge in [-0.15, -0.1) is 0 Å². The summed E-state index contributed by atoms with van der Waals surface area (Å²) in [5.41, 5.74) is 2.77. The van der Waals surface area contributed by atoms with E-state index in [1.165, 1.54) is 17.2 Å². The molecule has 0 bridgehead atoms. The van der Waals surface area contributed by atoms with Crippen molar-refractivity contribution >= 4 is 33.2 Å². The lowest BCUT2D eigenvalue weighted by Gasteiger charge is -2.34. The molecule has 28 heavy (non-hydrogen) atoms. The summed E-state index contributed by atoms with van der Waals surface area (Å²) in [7, 11) is -3.57. The minimum Gasteiger partial charge on any atom is -0.476 e. The molecular weight excluding hydrogens is 400 g/mol. The molecule has 0 saturated heterocycles. The molecule has 1 amide bonds. The van der Waals surface area contributed by atoms with Gasteiger partial charge in [0.1, 0.15) is 5.75 Å². The molecule has 6 nitrogen and oxygen atoms in total. The summed E-state index contributed by atoms with van der Waals surface area (Å²) >= 11 is 5.98. The third-order valence-electron chi connectivity index (χ3n) is 4.55. The lowest BCUT2D eigenvalue weighted by atomic mass is 10.1. The van der Waals surface area contributed by atoms with E-state index in [1.54, 1.807) is 12.1 Å². The topological polar surface area (TPSA) is 75.7 Å². The predicted molar refractivity (Wildman–Crippen MR) is 111 cm³/mol. The minimum absolute atomic E-state index is 0.0873. The Bertz CT molecular complexity index is 961. The molecule has 150 valence electrons. The average molecular weight is 423 g/mol. The quantitative estimate of drug-likeness (QED) is 0.726. The van der Waals surface area contributed by atoms with Crippen LogP contribution in [-0.4, -0.2) is 39.8 Å². The monoisotopic (exact) mass is 422 g/mol. The van der Waals surface area contributed by atoms with Crippen LogP contribution in [0.15, 0.2) is 42.5 Å². The highest BCUT2D eigenvalue weighted by Crippen LogP contribution is 2.37. The Hall–Kier alpha value is -2.25. The van der Waals surface area contributed by atoms with E-state index >= 15 is 0 Å². The predicted octanol–water partition coefficient (Wildman–Crippen LogP) is 2.92. The van der Waals surface area contributed by atoms with Gasteiger partial charge in [0.2, 0.25) is 10.0 Å². The van der Waals surface area contributed by atoms with E-state index in [1.807, 2.05) is 6.92 Å². The van der Waals surface area contributed by atoms with E-state index in [4.69, 9.17) is 16.3 Å². The van der Waals surface area contributed by atoms with Crippen molar-refractivity contribution in [2.75, 3.05) is 23.7 Å². The number of hydrogen-bond donors (Lipinski definition) is 1. The van der Waals surface area contributed by atoms with Gasteiger partial charge in [0.15, 0.2) is 6.10 Å². The van der Waals surface area contributed by atoms with Crippen molar-refractivity contribution in [3.63, 3.8) is 0 Å². The molecule has 0 spiro atoms. The van der Waals surface area contributed by atoms with E-state index in [9.17, 15) is 13.2 Å². The SMILES string of the molecule is Cc1ccc(CCCNC(=O)[C@H]2CN(S(C)(=O)=O)c3cc(Cl)ccc3O2)cc1. The van der Waals surface area contributed by atoms with Crippen LogP contribution in [0.25, 0.3) is 0 Å². The molecule has 0 fully saturated rings. The molecule has 3 rings (SSSR count). The van der Waals surface area contributed by atoms with Gasteiger partial charge in [-0.2, -0.15) is 0 Å². The number of halogens is 1. The van der Waals surface area contributed by atoms with Crippen LogP contribution in [0.4, 0.5) is 5.69 Å². The van der Waals surface area contributed by atoms with Crippen molar-refractivity contribution in [1.82, 2.24) is 5.32 Å². The first-order chi connectivity index (χ1) is 13.2. The maximum Gasteiger partial charge on any atom is 0.263 e. The summed E-state index contributed by atoms with van der Waals surface area (Å²) in [5.74, 6) is -0.0148. The summed E-state index contributed by atoms with van der Waals surface area (Å²) in [6, 6.07) is 13.0. The van der Waals surface area contributed by atoms with Crippen molar-refractivity contribution in [1.29, 1.82) is 0 Å². The largest absolute Gasteiger partial charge is 0.476 e. The minimum atomic E-state index is -3.57. The van der Waals surface area contributed by atoms with Crippen LogP contribution in [-0.2, 0) is 21.2 Å². The molecule has 0 unspecified atom stereocenters. The molecule has 2 aromatic carbocycles. The Morgan fingerprint density at radius 1 is 1.25 bits per heavy atom. The fraction of sp³-hybridized carbons (Fsp3) is 0.350. The number of amides is 1. The molecule has 1 atom stereocenters. The Morgan fingerprint density at radius 3 is 2.64 bits per heavy atom. The van der Waals surface area contributed by atoms with Crippen molar-refractivity contribution < 1.29 is 17.9 Å². The van der Waals surface area contributed by atoms with Gasteiger partial charge < -0.3 is 10.1 Å². The van der Waals surface area contributed by atoms with E-state index in [2.05, 4.69) is 29.6 Å². The number of sulfonamides is 1. The Balaban J connectivity index is 1.61. The maximum atomic E-state index is 12.5. The van der Waals surface area contributed by atoms with E-state index in [-0.39, 0.29) is 12.5 Å². The number of anilines is 1. The van der Waals surface area contributed by atoms with Crippen molar-refractivity contribution in [3.8, 4) is 5.75 Å². The summed E-state index contributed by atoms with van der Waals surface area (Å²) in [4.78, 5) is 12.5. The summed E-state index contributed by atoms with van der Waals surface area (Å²) in [5, 5.41) is 3.23. The highest BCUT2D eigenvalue weighted by Gasteiger charge is 2.35. The first-order valence-electron chi connectivity index (χ1n) is 9.01. The van der Waals surface area contributed by atoms with Crippen LogP contribution < -0.4 is 14.4 Å². The highest BCUT2D eigenvalue weighted by molar-refractivity contribution is 7.92. The molecule has 0 saturated carbocycles. The highest BCUT2D eigenvalue weighted by atomic mass is 35.5. The number of aryl methyl sites for hydroxylation is 2. The summed E-state index contributed by atoms with van der Waals surface area (Å²) < 4.78 is 31.2. The first kappa shape index (κ1) is 20.5. The first-order valence-corrected chi connectivity index (χ1v) is 11.2. The van der Waals surface area contributed by atoms with Crippen LogP contribution in [0, 0.1) is 6.92 Å². The number of nitrogens with one attached hydrogen (secondary N) is 1. The molecule has 1 aliphatic heterocycles. The maximum absolute atomic E-state index is 12.5. The molecule has 2 aromatic rings. The lowest BCUT2D eigenvalue weighted by Crippen LogP contribution is -2.50. The number of nitrogens with zero attached hydrogens (tertiary/aromatic N) is 1. The molecular formula is C20H23ClN2O4S. The zero-order valence-corrected chi connectivity index (χ0v) is 17.4. The van der Waals surface area contributed by atoms with Crippen LogP contribution in [0.2, 0.25) is 5.02 Å². The number of fused-ring (bicyclic) bond motifs is 1. The van der Waals surface area contributed by atoms with Gasteiger partial charge in [0.25, 0.3) is 5.91 Å². The van der Waals surface area contributed by atoms with Gasteiger partial charge in [-0.1, -0.05) is 41.4 Å². The second-order valence-electron chi connectivity index (χ2n) is 6.89. The van der Waals surface area contributed by atoms with E-state index < -0.39 is 16.1 Å². The van der Waals surface area contributed by atoms with Gasteiger partial charge in [-0.25, -0.2) is 8.42 Å². The third kappa shape index (κ3) is 4.97. The second-order valence-corrected chi connectivity index (χ2v) is 9.24. The molecule has 0 radical (unpaired) electrons. The number of hydrogen-bond acceptors (Lipinski definition) is 4. The van der Waals surface area contributed by atoms with Crippen molar-refractivity contribution in [2.45, 2.75) is 25.9 Å². The number of benzene rings is 2. The number of ether oxygens (including phenoxy) is 1. The number of carbonyl (C=O) groups excluding carboxylic acids is 1. The van der Waals surface area contributed by atoms with Gasteiger partial charge in [0, 0.05) is 11.6 Å². The van der Waals surface area contributed by atoms with Gasteiger partial charge >= 0.3 is 0 Å². The summed E-state index contributed by atoms with van der Waals surface area (Å²) in [6.07, 6.45) is 1.81. The number of rotatable bonds is 6. The molecule has 0 aliphatic carbocycles. The van der Waals surface area contributed by atoms with E-state index in [0.717, 1.165) is 23.4 Å². The Kier molecular flexibility index (Phi) is 6.15. The Labute approximate surface area is 170 Å². The van der Waals surface area contributed by atoms with Crippen LogP contribution in [0.3, 0.4) is 0 Å². The second kappa shape index (κ2) is 8.41. The normalized spacial score (nSPS) is 16.2. The summed E-state index contributed by atoms with van der Waals surface area (Å²) in [6.45, 7) is 2.44. The van der Waals surface area contributed by atoms with Crippen LogP contribution in [0.1, 0.15) is 17.5 Å². The van der Waals surface area contributed by atoms with Crippen LogP contribution in [0.5, 0.6) is 5.75 Å². The average Bonchev–Trinajstić information content (AvgIpc) is 2.64. The third-order valence-corrected chi connectivity index (χ3v) is 5.93. The fourth-order valence-corrected chi connectivity index (χ4v) is 4.12. The molecule has 1 N–H and O–H groups in total. The lowest BCUT2D eigenvalue weighted by molar-refractivity contribution is -0.127. The molecule has 8 heteroatoms. The van der Waals surface area contributed by atoms with Gasteiger partial charge in [0.05, 0.1) is 18.5 Å². The molecule has 1 heterocycles. The molecule has 1 aliphatic rings. The van der Waals surface area contributed by atoms with Gasteiger partial charge in [-0.3, -0.25) is 9.10 Å². The zero-order valence-electron chi connectivity index (χ0n) is 15.8. The fourth-order valence-electron chi connectivity index (χ4n) is 3.05. The number of carbonyl (C=O) groups is 1. The zero-order chi connectivity index (χ0) is 20.3.